The highest BCUT2D eigenvalue weighted by Crippen LogP contribution is 2.43. The van der Waals surface area contributed by atoms with Crippen molar-refractivity contribution < 1.29 is 4.39 Å². The number of H-pyrrole nitrogens is 1. The van der Waals surface area contributed by atoms with Gasteiger partial charge in [-0.3, -0.25) is 0 Å². The number of rotatable bonds is 3. The number of piperidine rings is 1. The van der Waals surface area contributed by atoms with E-state index >= 15 is 0 Å². The van der Waals surface area contributed by atoms with Crippen LogP contribution in [0.25, 0.3) is 33.5 Å². The van der Waals surface area contributed by atoms with Crippen LogP contribution in [0.3, 0.4) is 0 Å². The summed E-state index contributed by atoms with van der Waals surface area (Å²) < 4.78 is 14.3. The minimum Gasteiger partial charge on any atom is -0.383 e. The Kier molecular flexibility index (Phi) is 5.19. The normalized spacial score (nSPS) is 14.5. The van der Waals surface area contributed by atoms with E-state index in [2.05, 4.69) is 20.9 Å². The van der Waals surface area contributed by atoms with Crippen LogP contribution in [-0.2, 0) is 0 Å². The van der Waals surface area contributed by atoms with Crippen molar-refractivity contribution in [1.82, 2.24) is 15.0 Å². The number of aromatic amines is 1. The zero-order valence-electron chi connectivity index (χ0n) is 18.3. The molecule has 3 heterocycles. The van der Waals surface area contributed by atoms with Crippen LogP contribution >= 0.6 is 0 Å². The first-order valence-corrected chi connectivity index (χ1v) is 10.9. The largest absolute Gasteiger partial charge is 0.383 e. The molecule has 7 nitrogen and oxygen atoms in total. The summed E-state index contributed by atoms with van der Waals surface area (Å²) in [7, 11) is 0. The summed E-state index contributed by atoms with van der Waals surface area (Å²) in [5.74, 6) is 0.532. The second-order valence-corrected chi connectivity index (χ2v) is 8.52. The van der Waals surface area contributed by atoms with Crippen LogP contribution < -0.4 is 16.4 Å². The van der Waals surface area contributed by atoms with Gasteiger partial charge in [0.2, 0.25) is 0 Å². The van der Waals surface area contributed by atoms with Gasteiger partial charge < -0.3 is 21.4 Å². The molecule has 2 aromatic carbocycles. The molecule has 166 valence electrons. The molecule has 1 saturated heterocycles. The number of hydrogen-bond donors (Lipinski definition) is 3. The molecule has 0 atom stereocenters. The number of pyridine rings is 1. The number of nitrogens with two attached hydrogens (primary N) is 2. The smallest absolute Gasteiger partial charge is 0.144 e. The minimum atomic E-state index is -0.308. The molecule has 33 heavy (non-hydrogen) atoms. The lowest BCUT2D eigenvalue weighted by molar-refractivity contribution is 0.501. The maximum atomic E-state index is 14.3. The number of benzene rings is 2. The fourth-order valence-corrected chi connectivity index (χ4v) is 4.55. The summed E-state index contributed by atoms with van der Waals surface area (Å²) in [4.78, 5) is 14.7. The summed E-state index contributed by atoms with van der Waals surface area (Å²) >= 11 is 0. The third-order valence-corrected chi connectivity index (χ3v) is 6.17. The third-order valence-electron chi connectivity index (χ3n) is 6.17. The first-order chi connectivity index (χ1) is 15.9. The van der Waals surface area contributed by atoms with Crippen LogP contribution in [0.4, 0.5) is 15.9 Å². The molecular weight excluding hydrogens is 417 g/mol. The molecule has 4 aromatic rings. The number of aromatic nitrogens is 3. The van der Waals surface area contributed by atoms with Crippen LogP contribution in [0.15, 0.2) is 42.6 Å². The Morgan fingerprint density at radius 3 is 2.73 bits per heavy atom. The van der Waals surface area contributed by atoms with Crippen LogP contribution in [0, 0.1) is 24.1 Å². The van der Waals surface area contributed by atoms with Gasteiger partial charge in [0.05, 0.1) is 27.8 Å². The molecule has 0 bridgehead atoms. The van der Waals surface area contributed by atoms with Gasteiger partial charge in [-0.25, -0.2) is 14.4 Å². The third kappa shape index (κ3) is 3.77. The number of fused-ring (bicyclic) bond motifs is 1. The van der Waals surface area contributed by atoms with Crippen LogP contribution in [0.2, 0.25) is 0 Å². The number of aryl methyl sites for hydroxylation is 1. The van der Waals surface area contributed by atoms with Crippen molar-refractivity contribution >= 4 is 22.5 Å². The van der Waals surface area contributed by atoms with E-state index in [-0.39, 0.29) is 11.9 Å². The Morgan fingerprint density at radius 2 is 2.00 bits per heavy atom. The van der Waals surface area contributed by atoms with Gasteiger partial charge >= 0.3 is 0 Å². The zero-order chi connectivity index (χ0) is 23.1. The highest BCUT2D eigenvalue weighted by Gasteiger charge is 2.27. The maximum absolute atomic E-state index is 14.3. The molecule has 0 amide bonds. The molecule has 1 fully saturated rings. The van der Waals surface area contributed by atoms with Gasteiger partial charge in [-0.2, -0.15) is 5.26 Å². The Labute approximate surface area is 190 Å². The molecule has 0 radical (unpaired) electrons. The second kappa shape index (κ2) is 8.19. The van der Waals surface area contributed by atoms with E-state index < -0.39 is 0 Å². The molecule has 0 aliphatic carbocycles. The van der Waals surface area contributed by atoms with Gasteiger partial charge in [-0.1, -0.05) is 12.1 Å². The number of hydrogen-bond acceptors (Lipinski definition) is 6. The molecule has 1 aliphatic heterocycles. The number of nitrogens with one attached hydrogen (secondary N) is 1. The number of halogens is 1. The van der Waals surface area contributed by atoms with Gasteiger partial charge in [0.1, 0.15) is 23.5 Å². The lowest BCUT2D eigenvalue weighted by Gasteiger charge is -2.34. The van der Waals surface area contributed by atoms with Gasteiger partial charge in [0.15, 0.2) is 0 Å². The summed E-state index contributed by atoms with van der Waals surface area (Å²) in [6.07, 6.45) is 3.37. The molecule has 2 aromatic heterocycles. The number of imidazole rings is 1. The lowest BCUT2D eigenvalue weighted by atomic mass is 9.97. The Hall–Kier alpha value is -3.96. The summed E-state index contributed by atoms with van der Waals surface area (Å²) in [6.45, 7) is 3.34. The van der Waals surface area contributed by atoms with Gasteiger partial charge in [-0.15, -0.1) is 0 Å². The summed E-state index contributed by atoms with van der Waals surface area (Å²) in [6, 6.07) is 12.7. The van der Waals surface area contributed by atoms with Crippen molar-refractivity contribution in [3.63, 3.8) is 0 Å². The second-order valence-electron chi connectivity index (χ2n) is 8.52. The van der Waals surface area contributed by atoms with E-state index in [0.717, 1.165) is 48.3 Å². The lowest BCUT2D eigenvalue weighted by Crippen LogP contribution is -2.40. The first kappa shape index (κ1) is 20.9. The predicted molar refractivity (Wildman–Crippen MR) is 128 cm³/mol. The van der Waals surface area contributed by atoms with E-state index in [1.165, 1.54) is 12.1 Å². The fraction of sp³-hybridized carbons (Fsp3) is 0.240. The van der Waals surface area contributed by atoms with Crippen molar-refractivity contribution in [3.05, 3.63) is 59.5 Å². The topological polar surface area (TPSA) is 121 Å². The molecule has 0 spiro atoms. The van der Waals surface area contributed by atoms with E-state index in [9.17, 15) is 9.65 Å². The maximum Gasteiger partial charge on any atom is 0.144 e. The molecule has 0 saturated carbocycles. The van der Waals surface area contributed by atoms with Gasteiger partial charge in [0, 0.05) is 30.9 Å². The van der Waals surface area contributed by atoms with Crippen LogP contribution in [0.1, 0.15) is 24.0 Å². The van der Waals surface area contributed by atoms with Crippen LogP contribution in [0.5, 0.6) is 0 Å². The van der Waals surface area contributed by atoms with E-state index in [1.807, 2.05) is 19.1 Å². The Bertz CT molecular complexity index is 1370. The average Bonchev–Trinajstić information content (AvgIpc) is 3.22. The van der Waals surface area contributed by atoms with Crippen molar-refractivity contribution in [3.8, 4) is 28.6 Å². The highest BCUT2D eigenvalue weighted by atomic mass is 19.1. The highest BCUT2D eigenvalue weighted by molar-refractivity contribution is 5.96. The predicted octanol–water partition coefficient (Wildman–Crippen LogP) is 4.12. The summed E-state index contributed by atoms with van der Waals surface area (Å²) in [5.41, 5.74) is 18.2. The molecule has 5 rings (SSSR count). The fourth-order valence-electron chi connectivity index (χ4n) is 4.55. The molecule has 1 aliphatic rings. The number of para-hydroxylation sites is 1. The number of nitrogen functional groups attached to an aromatic ring is 1. The van der Waals surface area contributed by atoms with E-state index in [1.54, 1.807) is 18.3 Å². The van der Waals surface area contributed by atoms with Gasteiger partial charge in [0.25, 0.3) is 0 Å². The minimum absolute atomic E-state index is 0.146. The van der Waals surface area contributed by atoms with E-state index in [4.69, 9.17) is 16.5 Å². The summed E-state index contributed by atoms with van der Waals surface area (Å²) in [5, 5.41) is 9.51. The molecule has 0 unspecified atom stereocenters. The Balaban J connectivity index is 1.78. The van der Waals surface area contributed by atoms with Gasteiger partial charge in [-0.05, 0) is 55.2 Å². The van der Waals surface area contributed by atoms with Crippen LogP contribution in [-0.4, -0.2) is 34.1 Å². The number of anilines is 2. The standard InChI is InChI=1S/C25H24FN7/c1-14-9-16(11-17(26)10-14)19-13-30-24(29)21(23(19)33-7-5-18(28)6-8-33)25-31-20-4-2-3-15(12-27)22(20)32-25/h2-4,9-11,13,18H,5-8,28H2,1H3,(H2,29,30)(H,31,32). The first-order valence-electron chi connectivity index (χ1n) is 10.9. The SMILES string of the molecule is Cc1cc(F)cc(-c2cnc(N)c(-c3nc4cccc(C#N)c4[nH]3)c2N2CCC(N)CC2)c1. The van der Waals surface area contributed by atoms with E-state index in [0.29, 0.717) is 33.8 Å². The van der Waals surface area contributed by atoms with Crippen molar-refractivity contribution in [2.24, 2.45) is 5.73 Å². The molecule has 8 heteroatoms. The number of nitriles is 1. The zero-order valence-corrected chi connectivity index (χ0v) is 18.3. The average molecular weight is 442 g/mol. The van der Waals surface area contributed by atoms with Crippen molar-refractivity contribution in [2.75, 3.05) is 23.7 Å². The monoisotopic (exact) mass is 441 g/mol. The molecular formula is C25H24FN7. The Morgan fingerprint density at radius 1 is 1.21 bits per heavy atom. The van der Waals surface area contributed by atoms with Crippen molar-refractivity contribution in [2.45, 2.75) is 25.8 Å². The quantitative estimate of drug-likeness (QED) is 0.440. The number of nitrogens with zero attached hydrogens (tertiary/aromatic N) is 4. The molecule has 5 N–H and O–H groups in total. The van der Waals surface area contributed by atoms with Crippen molar-refractivity contribution in [1.29, 1.82) is 5.26 Å².